The van der Waals surface area contributed by atoms with E-state index < -0.39 is 13.3 Å². The quantitative estimate of drug-likeness (QED) is 0.609. The summed E-state index contributed by atoms with van der Waals surface area (Å²) in [6.45, 7) is 2.77. The molecule has 23 heavy (non-hydrogen) atoms. The van der Waals surface area contributed by atoms with E-state index in [1.807, 2.05) is 30.3 Å². The molecule has 0 N–H and O–H groups in total. The lowest BCUT2D eigenvalue weighted by molar-refractivity contribution is 0.0361. The Bertz CT molecular complexity index is 662. The van der Waals surface area contributed by atoms with Crippen LogP contribution in [0.5, 0.6) is 0 Å². The summed E-state index contributed by atoms with van der Waals surface area (Å²) < 4.78 is 51.2. The number of alkyl halides is 2. The molecule has 0 unspecified atom stereocenters. The minimum absolute atomic E-state index is 0.116. The second kappa shape index (κ2) is 7.35. The summed E-state index contributed by atoms with van der Waals surface area (Å²) in [7, 11) is -4.56. The van der Waals surface area contributed by atoms with Crippen molar-refractivity contribution in [1.29, 1.82) is 0 Å². The summed E-state index contributed by atoms with van der Waals surface area (Å²) in [5.41, 5.74) is -2.37. The summed E-state index contributed by atoms with van der Waals surface area (Å²) in [6.07, 6.45) is 0. The number of rotatable bonds is 7. The van der Waals surface area contributed by atoms with Crippen LogP contribution in [0.4, 0.5) is 8.78 Å². The zero-order valence-corrected chi connectivity index (χ0v) is 13.9. The van der Waals surface area contributed by atoms with E-state index in [1.54, 1.807) is 12.1 Å². The fraction of sp³-hybridized carbons (Fsp3) is 0.294. The van der Waals surface area contributed by atoms with Crippen LogP contribution in [0.25, 0.3) is 11.1 Å². The molecule has 0 aliphatic carbocycles. The van der Waals surface area contributed by atoms with E-state index in [2.05, 4.69) is 0 Å². The molecule has 0 atom stereocenters. The Morgan fingerprint density at radius 2 is 1.35 bits per heavy atom. The average molecular weight is 340 g/mol. The standard InChI is InChI=1S/C17H19F2O3P/c1-3-21-23(20,22-4-2)17(18,19)16-12-10-15(11-13-16)14-8-6-5-7-9-14/h5-13H,3-4H2,1-2H3. The van der Waals surface area contributed by atoms with Gasteiger partial charge in [-0.1, -0.05) is 54.6 Å². The fourth-order valence-electron chi connectivity index (χ4n) is 2.19. The van der Waals surface area contributed by atoms with Gasteiger partial charge in [0.25, 0.3) is 0 Å². The Balaban J connectivity index is 2.35. The lowest BCUT2D eigenvalue weighted by Crippen LogP contribution is -2.18. The van der Waals surface area contributed by atoms with Crippen molar-refractivity contribution in [3.8, 4) is 11.1 Å². The Hall–Kier alpha value is -1.55. The monoisotopic (exact) mass is 340 g/mol. The molecule has 2 aromatic rings. The molecule has 0 fully saturated rings. The van der Waals surface area contributed by atoms with Gasteiger partial charge < -0.3 is 9.05 Å². The van der Waals surface area contributed by atoms with Crippen molar-refractivity contribution in [3.05, 3.63) is 60.2 Å². The molecule has 0 aliphatic rings. The second-order valence-electron chi connectivity index (χ2n) is 4.82. The first-order chi connectivity index (χ1) is 10.9. The SMILES string of the molecule is CCOP(=O)(OCC)C(F)(F)c1ccc(-c2ccccc2)cc1. The highest BCUT2D eigenvalue weighted by Crippen LogP contribution is 2.66. The van der Waals surface area contributed by atoms with E-state index in [4.69, 9.17) is 9.05 Å². The minimum Gasteiger partial charge on any atom is -0.304 e. The lowest BCUT2D eigenvalue weighted by Gasteiger charge is -2.26. The Labute approximate surface area is 134 Å². The molecule has 0 saturated heterocycles. The molecule has 0 heterocycles. The van der Waals surface area contributed by atoms with E-state index in [1.165, 1.54) is 26.0 Å². The predicted octanol–water partition coefficient (Wildman–Crippen LogP) is 5.67. The first kappa shape index (κ1) is 17.8. The molecule has 0 bridgehead atoms. The normalized spacial score (nSPS) is 12.3. The maximum Gasteiger partial charge on any atom is 0.404 e. The van der Waals surface area contributed by atoms with Crippen molar-refractivity contribution in [2.24, 2.45) is 0 Å². The van der Waals surface area contributed by atoms with Gasteiger partial charge in [-0.3, -0.25) is 4.57 Å². The highest BCUT2D eigenvalue weighted by Gasteiger charge is 2.54. The number of hydrogen-bond donors (Lipinski definition) is 0. The van der Waals surface area contributed by atoms with Crippen LogP contribution >= 0.6 is 7.60 Å². The van der Waals surface area contributed by atoms with Gasteiger partial charge in [-0.25, -0.2) is 0 Å². The highest BCUT2D eigenvalue weighted by atomic mass is 31.2. The number of halogens is 2. The molecule has 0 radical (unpaired) electrons. The van der Waals surface area contributed by atoms with Gasteiger partial charge in [0.2, 0.25) is 0 Å². The van der Waals surface area contributed by atoms with Crippen molar-refractivity contribution in [2.75, 3.05) is 13.2 Å². The zero-order chi connectivity index (χ0) is 16.9. The maximum atomic E-state index is 14.6. The molecule has 0 spiro atoms. The van der Waals surface area contributed by atoms with Gasteiger partial charge in [-0.15, -0.1) is 0 Å². The zero-order valence-electron chi connectivity index (χ0n) is 13.0. The molecule has 0 saturated carbocycles. The van der Waals surface area contributed by atoms with Gasteiger partial charge in [-0.2, -0.15) is 8.78 Å². The number of benzene rings is 2. The van der Waals surface area contributed by atoms with Gasteiger partial charge in [-0.05, 0) is 25.0 Å². The van der Waals surface area contributed by atoms with Crippen molar-refractivity contribution < 1.29 is 22.4 Å². The minimum atomic E-state index is -4.56. The van der Waals surface area contributed by atoms with Crippen LogP contribution in [0.1, 0.15) is 19.4 Å². The first-order valence-corrected chi connectivity index (χ1v) is 8.92. The molecule has 6 heteroatoms. The van der Waals surface area contributed by atoms with Gasteiger partial charge >= 0.3 is 13.3 Å². The predicted molar refractivity (Wildman–Crippen MR) is 86.6 cm³/mol. The van der Waals surface area contributed by atoms with Crippen LogP contribution in [0.15, 0.2) is 54.6 Å². The van der Waals surface area contributed by atoms with Crippen molar-refractivity contribution >= 4 is 7.60 Å². The first-order valence-electron chi connectivity index (χ1n) is 7.37. The van der Waals surface area contributed by atoms with Gasteiger partial charge in [0.15, 0.2) is 0 Å². The molecule has 3 nitrogen and oxygen atoms in total. The van der Waals surface area contributed by atoms with E-state index >= 15 is 0 Å². The molecule has 0 amide bonds. The van der Waals surface area contributed by atoms with Gasteiger partial charge in [0, 0.05) is 5.56 Å². The second-order valence-corrected chi connectivity index (χ2v) is 6.89. The Kier molecular flexibility index (Phi) is 5.69. The molecule has 2 aromatic carbocycles. The summed E-state index contributed by atoms with van der Waals surface area (Å²) >= 11 is 0. The van der Waals surface area contributed by atoms with Crippen LogP contribution in [0.3, 0.4) is 0 Å². The molecule has 0 aromatic heterocycles. The summed E-state index contributed by atoms with van der Waals surface area (Å²) in [6, 6.07) is 15.1. The molecule has 2 rings (SSSR count). The topological polar surface area (TPSA) is 35.5 Å². The van der Waals surface area contributed by atoms with E-state index in [0.29, 0.717) is 0 Å². The van der Waals surface area contributed by atoms with Gasteiger partial charge in [0.05, 0.1) is 13.2 Å². The van der Waals surface area contributed by atoms with Crippen molar-refractivity contribution in [3.63, 3.8) is 0 Å². The van der Waals surface area contributed by atoms with Crippen LogP contribution in [-0.4, -0.2) is 13.2 Å². The van der Waals surface area contributed by atoms with E-state index in [9.17, 15) is 13.3 Å². The molecular formula is C17H19F2O3P. The largest absolute Gasteiger partial charge is 0.404 e. The summed E-state index contributed by atoms with van der Waals surface area (Å²) in [4.78, 5) is 0. The fourth-order valence-corrected chi connectivity index (χ4v) is 3.74. The Morgan fingerprint density at radius 1 is 0.870 bits per heavy atom. The highest BCUT2D eigenvalue weighted by molar-refractivity contribution is 7.54. The van der Waals surface area contributed by atoms with Crippen LogP contribution in [0.2, 0.25) is 0 Å². The summed E-state index contributed by atoms with van der Waals surface area (Å²) in [5.74, 6) is 0. The van der Waals surface area contributed by atoms with Crippen LogP contribution in [-0.2, 0) is 19.3 Å². The Morgan fingerprint density at radius 3 is 1.83 bits per heavy atom. The third-order valence-corrected chi connectivity index (χ3v) is 5.42. The number of hydrogen-bond acceptors (Lipinski definition) is 3. The van der Waals surface area contributed by atoms with E-state index in [0.717, 1.165) is 11.1 Å². The smallest absolute Gasteiger partial charge is 0.304 e. The van der Waals surface area contributed by atoms with Crippen LogP contribution < -0.4 is 0 Å². The third-order valence-electron chi connectivity index (χ3n) is 3.28. The average Bonchev–Trinajstić information content (AvgIpc) is 2.56. The van der Waals surface area contributed by atoms with Crippen LogP contribution in [0, 0.1) is 0 Å². The third kappa shape index (κ3) is 3.69. The van der Waals surface area contributed by atoms with Crippen molar-refractivity contribution in [2.45, 2.75) is 19.5 Å². The summed E-state index contributed by atoms with van der Waals surface area (Å²) in [5, 5.41) is 0. The van der Waals surface area contributed by atoms with Crippen molar-refractivity contribution in [1.82, 2.24) is 0 Å². The lowest BCUT2D eigenvalue weighted by atomic mass is 10.0. The van der Waals surface area contributed by atoms with E-state index in [-0.39, 0.29) is 18.8 Å². The molecule has 124 valence electrons. The molecular weight excluding hydrogens is 321 g/mol. The molecule has 0 aliphatic heterocycles. The van der Waals surface area contributed by atoms with Gasteiger partial charge in [0.1, 0.15) is 0 Å². The maximum absolute atomic E-state index is 14.6.